The Morgan fingerprint density at radius 3 is 2.55 bits per heavy atom. The molecule has 1 heterocycles. The van der Waals surface area contributed by atoms with E-state index in [9.17, 15) is 10.1 Å². The smallest absolute Gasteiger partial charge is 0.373 e. The van der Waals surface area contributed by atoms with Gasteiger partial charge >= 0.3 is 11.6 Å². The second-order valence-corrected chi connectivity index (χ2v) is 4.66. The SMILES string of the molecule is CCCNc1ncnc(Oc2ccc(CC)cc2)c1[N+](=O)[O-]. The highest BCUT2D eigenvalue weighted by Gasteiger charge is 2.24. The fourth-order valence-corrected chi connectivity index (χ4v) is 1.88. The Labute approximate surface area is 128 Å². The highest BCUT2D eigenvalue weighted by molar-refractivity contribution is 5.61. The topological polar surface area (TPSA) is 90.2 Å². The van der Waals surface area contributed by atoms with Gasteiger partial charge in [0.1, 0.15) is 12.1 Å². The second kappa shape index (κ2) is 7.35. The fourth-order valence-electron chi connectivity index (χ4n) is 1.88. The maximum atomic E-state index is 11.3. The van der Waals surface area contributed by atoms with Crippen molar-refractivity contribution in [1.29, 1.82) is 0 Å². The molecule has 0 aliphatic heterocycles. The summed E-state index contributed by atoms with van der Waals surface area (Å²) >= 11 is 0. The predicted molar refractivity (Wildman–Crippen MR) is 83.4 cm³/mol. The van der Waals surface area contributed by atoms with Crippen LogP contribution in [0.15, 0.2) is 30.6 Å². The van der Waals surface area contributed by atoms with Crippen molar-refractivity contribution in [2.75, 3.05) is 11.9 Å². The molecule has 0 unspecified atom stereocenters. The van der Waals surface area contributed by atoms with Crippen molar-refractivity contribution in [3.05, 3.63) is 46.3 Å². The molecule has 2 aromatic rings. The van der Waals surface area contributed by atoms with E-state index in [2.05, 4.69) is 22.2 Å². The summed E-state index contributed by atoms with van der Waals surface area (Å²) in [5.41, 5.74) is 0.908. The average Bonchev–Trinajstić information content (AvgIpc) is 2.53. The van der Waals surface area contributed by atoms with Gasteiger partial charge in [-0.15, -0.1) is 0 Å². The van der Waals surface area contributed by atoms with E-state index in [1.165, 1.54) is 6.33 Å². The Balaban J connectivity index is 2.30. The summed E-state index contributed by atoms with van der Waals surface area (Å²) in [6.45, 7) is 4.60. The van der Waals surface area contributed by atoms with Gasteiger partial charge in [-0.2, -0.15) is 4.98 Å². The lowest BCUT2D eigenvalue weighted by Crippen LogP contribution is -2.07. The van der Waals surface area contributed by atoms with Crippen LogP contribution in [0, 0.1) is 10.1 Å². The maximum absolute atomic E-state index is 11.3. The Kier molecular flexibility index (Phi) is 5.24. The Hall–Kier alpha value is -2.70. The molecule has 22 heavy (non-hydrogen) atoms. The number of hydrogen-bond donors (Lipinski definition) is 1. The lowest BCUT2D eigenvalue weighted by molar-refractivity contribution is -0.385. The molecule has 116 valence electrons. The first kappa shape index (κ1) is 15.7. The number of anilines is 1. The van der Waals surface area contributed by atoms with Crippen LogP contribution in [-0.4, -0.2) is 21.4 Å². The zero-order valence-corrected chi connectivity index (χ0v) is 12.6. The number of aryl methyl sites for hydroxylation is 1. The van der Waals surface area contributed by atoms with Crippen LogP contribution in [-0.2, 0) is 6.42 Å². The van der Waals surface area contributed by atoms with Crippen LogP contribution in [0.2, 0.25) is 0 Å². The van der Waals surface area contributed by atoms with Crippen molar-refractivity contribution in [3.63, 3.8) is 0 Å². The summed E-state index contributed by atoms with van der Waals surface area (Å²) in [5, 5.41) is 14.2. The van der Waals surface area contributed by atoms with Crippen LogP contribution >= 0.6 is 0 Å². The quantitative estimate of drug-likeness (QED) is 0.621. The minimum absolute atomic E-state index is 0.0668. The van der Waals surface area contributed by atoms with E-state index in [0.717, 1.165) is 18.4 Å². The van der Waals surface area contributed by atoms with Crippen LogP contribution in [0.1, 0.15) is 25.8 Å². The van der Waals surface area contributed by atoms with Crippen molar-refractivity contribution >= 4 is 11.5 Å². The Morgan fingerprint density at radius 2 is 1.95 bits per heavy atom. The van der Waals surface area contributed by atoms with Gasteiger partial charge in [0.25, 0.3) is 0 Å². The number of nitrogens with zero attached hydrogens (tertiary/aromatic N) is 3. The van der Waals surface area contributed by atoms with Crippen LogP contribution < -0.4 is 10.1 Å². The first-order valence-corrected chi connectivity index (χ1v) is 7.15. The third-order valence-electron chi connectivity index (χ3n) is 3.06. The van der Waals surface area contributed by atoms with Crippen LogP contribution in [0.5, 0.6) is 11.6 Å². The number of ether oxygens (including phenoxy) is 1. The molecule has 0 spiro atoms. The van der Waals surface area contributed by atoms with E-state index < -0.39 is 4.92 Å². The van der Waals surface area contributed by atoms with Gasteiger partial charge in [-0.1, -0.05) is 26.0 Å². The molecular formula is C15H18N4O3. The van der Waals surface area contributed by atoms with Crippen LogP contribution in [0.4, 0.5) is 11.5 Å². The van der Waals surface area contributed by atoms with Gasteiger partial charge in [-0.05, 0) is 30.5 Å². The van der Waals surface area contributed by atoms with Gasteiger partial charge in [0.2, 0.25) is 5.82 Å². The van der Waals surface area contributed by atoms with Gasteiger partial charge in [-0.25, -0.2) is 4.98 Å². The monoisotopic (exact) mass is 302 g/mol. The van der Waals surface area contributed by atoms with Gasteiger partial charge in [0.05, 0.1) is 4.92 Å². The van der Waals surface area contributed by atoms with Crippen LogP contribution in [0.3, 0.4) is 0 Å². The van der Waals surface area contributed by atoms with E-state index >= 15 is 0 Å². The Bertz CT molecular complexity index is 644. The molecule has 0 saturated heterocycles. The summed E-state index contributed by atoms with van der Waals surface area (Å²) in [7, 11) is 0. The minimum atomic E-state index is -0.534. The normalized spacial score (nSPS) is 10.3. The van der Waals surface area contributed by atoms with E-state index in [-0.39, 0.29) is 17.4 Å². The van der Waals surface area contributed by atoms with Crippen molar-refractivity contribution in [2.45, 2.75) is 26.7 Å². The molecule has 0 fully saturated rings. The molecule has 0 bridgehead atoms. The van der Waals surface area contributed by atoms with Gasteiger partial charge < -0.3 is 10.1 Å². The molecular weight excluding hydrogens is 284 g/mol. The van der Waals surface area contributed by atoms with Crippen molar-refractivity contribution in [1.82, 2.24) is 9.97 Å². The summed E-state index contributed by atoms with van der Waals surface area (Å²) < 4.78 is 5.56. The van der Waals surface area contributed by atoms with Crippen molar-refractivity contribution < 1.29 is 9.66 Å². The fraction of sp³-hybridized carbons (Fsp3) is 0.333. The zero-order valence-electron chi connectivity index (χ0n) is 12.6. The minimum Gasteiger partial charge on any atom is -0.434 e. The molecule has 0 atom stereocenters. The molecule has 7 nitrogen and oxygen atoms in total. The molecule has 2 rings (SSSR count). The molecule has 0 saturated carbocycles. The van der Waals surface area contributed by atoms with Crippen LogP contribution in [0.25, 0.3) is 0 Å². The maximum Gasteiger partial charge on any atom is 0.373 e. The first-order valence-electron chi connectivity index (χ1n) is 7.15. The Morgan fingerprint density at radius 1 is 1.23 bits per heavy atom. The molecule has 0 radical (unpaired) electrons. The average molecular weight is 302 g/mol. The number of rotatable bonds is 7. The first-order chi connectivity index (χ1) is 10.7. The number of hydrogen-bond acceptors (Lipinski definition) is 6. The zero-order chi connectivity index (χ0) is 15.9. The van der Waals surface area contributed by atoms with E-state index in [0.29, 0.717) is 12.3 Å². The highest BCUT2D eigenvalue weighted by atomic mass is 16.6. The molecule has 1 aromatic heterocycles. The lowest BCUT2D eigenvalue weighted by atomic mass is 10.2. The second-order valence-electron chi connectivity index (χ2n) is 4.66. The van der Waals surface area contributed by atoms with Gasteiger partial charge in [0, 0.05) is 6.54 Å². The van der Waals surface area contributed by atoms with E-state index in [4.69, 9.17) is 4.74 Å². The summed E-state index contributed by atoms with van der Waals surface area (Å²) in [6.07, 6.45) is 3.00. The summed E-state index contributed by atoms with van der Waals surface area (Å²) in [5.74, 6) is 0.602. The molecule has 0 aliphatic rings. The largest absolute Gasteiger partial charge is 0.434 e. The van der Waals surface area contributed by atoms with Gasteiger partial charge in [-0.3, -0.25) is 10.1 Å². The highest BCUT2D eigenvalue weighted by Crippen LogP contribution is 2.33. The number of benzene rings is 1. The molecule has 1 aromatic carbocycles. The third kappa shape index (κ3) is 3.69. The van der Waals surface area contributed by atoms with E-state index in [1.54, 1.807) is 12.1 Å². The molecule has 0 amide bonds. The third-order valence-corrected chi connectivity index (χ3v) is 3.06. The standard InChI is InChI=1S/C15H18N4O3/c1-3-9-16-14-13(19(20)21)15(18-10-17-14)22-12-7-5-11(4-2)6-8-12/h5-8,10H,3-4,9H2,1-2H3,(H,16,17,18). The molecule has 7 heteroatoms. The lowest BCUT2D eigenvalue weighted by Gasteiger charge is -2.09. The van der Waals surface area contributed by atoms with E-state index in [1.807, 2.05) is 19.1 Å². The van der Waals surface area contributed by atoms with Crippen molar-refractivity contribution in [3.8, 4) is 11.6 Å². The number of aromatic nitrogens is 2. The number of nitrogens with one attached hydrogen (secondary N) is 1. The summed E-state index contributed by atoms with van der Waals surface area (Å²) in [4.78, 5) is 18.6. The summed E-state index contributed by atoms with van der Waals surface area (Å²) in [6, 6.07) is 7.37. The van der Waals surface area contributed by atoms with Crippen molar-refractivity contribution in [2.24, 2.45) is 0 Å². The molecule has 0 aliphatic carbocycles. The number of nitro groups is 1. The molecule has 1 N–H and O–H groups in total. The predicted octanol–water partition coefficient (Wildman–Crippen LogP) is 3.56. The van der Waals surface area contributed by atoms with Gasteiger partial charge in [0.15, 0.2) is 0 Å².